The summed E-state index contributed by atoms with van der Waals surface area (Å²) in [6.07, 6.45) is 1.28. The van der Waals surface area contributed by atoms with Crippen molar-refractivity contribution in [2.24, 2.45) is 7.05 Å². The Bertz CT molecular complexity index is 975. The smallest absolute Gasteiger partial charge is 0.338 e. The summed E-state index contributed by atoms with van der Waals surface area (Å²) in [5.41, 5.74) is 2.16. The van der Waals surface area contributed by atoms with Gasteiger partial charge in [0.2, 0.25) is 0 Å². The van der Waals surface area contributed by atoms with Crippen LogP contribution in [0, 0.1) is 6.07 Å². The van der Waals surface area contributed by atoms with Crippen LogP contribution in [0.4, 0.5) is 0 Å². The predicted octanol–water partition coefficient (Wildman–Crippen LogP) is 3.41. The molecular weight excluding hydrogens is 508 g/mol. The molecule has 1 heterocycles. The fraction of sp³-hybridized carbons (Fsp3) is 0.150. The maximum absolute atomic E-state index is 11.9. The van der Waals surface area contributed by atoms with E-state index in [0.29, 0.717) is 5.69 Å². The molecule has 3 aromatic rings. The summed E-state index contributed by atoms with van der Waals surface area (Å²) in [6, 6.07) is 18.4. The van der Waals surface area contributed by atoms with Gasteiger partial charge in [-0.25, -0.2) is 9.78 Å². The molecule has 0 saturated heterocycles. The van der Waals surface area contributed by atoms with Gasteiger partial charge in [0.15, 0.2) is 0 Å². The van der Waals surface area contributed by atoms with Crippen molar-refractivity contribution in [1.82, 2.24) is 9.55 Å². The third-order valence-electron chi connectivity index (χ3n) is 3.40. The summed E-state index contributed by atoms with van der Waals surface area (Å²) >= 11 is 0. The number of hydrogen-bond donors (Lipinski definition) is 1. The van der Waals surface area contributed by atoms with Crippen LogP contribution in [0.25, 0.3) is 22.2 Å². The minimum absolute atomic E-state index is 0. The van der Waals surface area contributed by atoms with Crippen LogP contribution in [-0.4, -0.2) is 25.2 Å². The van der Waals surface area contributed by atoms with E-state index in [1.165, 1.54) is 19.9 Å². The fourth-order valence-corrected chi connectivity index (χ4v) is 2.35. The van der Waals surface area contributed by atoms with Crippen molar-refractivity contribution in [1.29, 1.82) is 0 Å². The Kier molecular flexibility index (Phi) is 8.10. The van der Waals surface area contributed by atoms with E-state index in [2.05, 4.69) is 11.1 Å². The van der Waals surface area contributed by atoms with Gasteiger partial charge in [0.25, 0.3) is 0 Å². The summed E-state index contributed by atoms with van der Waals surface area (Å²) in [7, 11) is 1.73. The van der Waals surface area contributed by atoms with E-state index in [4.69, 9.17) is 9.90 Å². The molecule has 0 atom stereocenters. The van der Waals surface area contributed by atoms with Gasteiger partial charge in [0, 0.05) is 38.4 Å². The number of carbonyl (C=O) groups excluding carboxylic acids is 1. The first-order valence-electron chi connectivity index (χ1n) is 7.73. The van der Waals surface area contributed by atoms with Gasteiger partial charge in [0.05, 0.1) is 18.8 Å². The number of nitrogens with zero attached hydrogens (tertiary/aromatic N) is 2. The van der Waals surface area contributed by atoms with Gasteiger partial charge in [-0.3, -0.25) is 9.36 Å². The van der Waals surface area contributed by atoms with Crippen LogP contribution in [0.1, 0.15) is 13.8 Å². The maximum atomic E-state index is 11.9. The number of hydrogen-bond acceptors (Lipinski definition) is 3. The van der Waals surface area contributed by atoms with Crippen molar-refractivity contribution in [3.05, 3.63) is 76.9 Å². The summed E-state index contributed by atoms with van der Waals surface area (Å²) in [5, 5.41) is 9.36. The minimum atomic E-state index is -0.249. The molecule has 0 spiro atoms. The second-order valence-corrected chi connectivity index (χ2v) is 5.52. The number of aliphatic hydroxyl groups excluding tert-OH is 1. The zero-order valence-corrected chi connectivity index (χ0v) is 17.1. The number of ketones is 1. The van der Waals surface area contributed by atoms with E-state index < -0.39 is 0 Å². The van der Waals surface area contributed by atoms with Crippen LogP contribution in [0.5, 0.6) is 0 Å². The number of para-hydroxylation sites is 1. The molecule has 0 amide bonds. The average Bonchev–Trinajstić information content (AvgIpc) is 2.58. The van der Waals surface area contributed by atoms with Crippen LogP contribution in [0.3, 0.4) is 0 Å². The standard InChI is InChI=1S/C15H11N2O.C5H8O2.Ir/c1-17-13-10-6-5-9-12(13)14(16-15(17)18)11-7-3-2-4-8-11;1-4(6)3-5(2)7;/h2-7,9-10H,1H3;3,6H,1-2H3;/q-1;;/p+1/b;4-3-;. The third kappa shape index (κ3) is 5.48. The quantitative estimate of drug-likeness (QED) is 0.240. The van der Waals surface area contributed by atoms with Gasteiger partial charge in [-0.15, -0.1) is 35.9 Å². The molecule has 137 valence electrons. The van der Waals surface area contributed by atoms with E-state index in [1.54, 1.807) is 11.6 Å². The van der Waals surface area contributed by atoms with Gasteiger partial charge in [-0.1, -0.05) is 18.2 Å². The molecule has 5 nitrogen and oxygen atoms in total. The normalized spacial score (nSPS) is 10.5. The summed E-state index contributed by atoms with van der Waals surface area (Å²) in [6.45, 7) is 3.00. The SMILES string of the molecule is CC(=[OH+])/C=C(/C)O.Cn1c(=O)nc(-c2[c-]cccc2)c2ccccc21.[Ir]. The van der Waals surface area contributed by atoms with Crippen LogP contribution < -0.4 is 5.69 Å². The van der Waals surface area contributed by atoms with Crippen LogP contribution >= 0.6 is 0 Å². The van der Waals surface area contributed by atoms with Crippen LogP contribution in [0.2, 0.25) is 0 Å². The molecule has 0 bridgehead atoms. The van der Waals surface area contributed by atoms with Crippen molar-refractivity contribution in [3.8, 4) is 11.3 Å². The van der Waals surface area contributed by atoms with Crippen molar-refractivity contribution >= 4 is 16.7 Å². The van der Waals surface area contributed by atoms with Crippen LogP contribution in [0.15, 0.2) is 65.2 Å². The largest absolute Gasteiger partial charge is 0.512 e. The summed E-state index contributed by atoms with van der Waals surface area (Å²) < 4.78 is 1.56. The molecular formula is C20H20IrN2O3. The number of aryl methyl sites for hydroxylation is 1. The fourth-order valence-electron chi connectivity index (χ4n) is 2.35. The second kappa shape index (κ2) is 9.80. The van der Waals surface area contributed by atoms with Crippen molar-refractivity contribution < 1.29 is 30.0 Å². The van der Waals surface area contributed by atoms with E-state index in [-0.39, 0.29) is 37.3 Å². The van der Waals surface area contributed by atoms with Crippen molar-refractivity contribution in [3.63, 3.8) is 0 Å². The Labute approximate surface area is 165 Å². The minimum Gasteiger partial charge on any atom is -0.512 e. The van der Waals surface area contributed by atoms with Gasteiger partial charge in [0.1, 0.15) is 0 Å². The van der Waals surface area contributed by atoms with E-state index in [1.807, 2.05) is 48.5 Å². The molecule has 0 aliphatic rings. The average molecular weight is 529 g/mol. The molecule has 1 radical (unpaired) electrons. The Balaban J connectivity index is 0.000000366. The molecule has 1 aromatic heterocycles. The first kappa shape index (κ1) is 21.5. The van der Waals surface area contributed by atoms with E-state index in [0.717, 1.165) is 16.5 Å². The number of rotatable bonds is 2. The Hall–Kier alpha value is -2.56. The maximum Gasteiger partial charge on any atom is 0.338 e. The number of benzene rings is 2. The van der Waals surface area contributed by atoms with E-state index >= 15 is 0 Å². The number of aliphatic hydroxyl groups is 1. The van der Waals surface area contributed by atoms with Gasteiger partial charge in [-0.2, -0.15) is 0 Å². The number of aromatic nitrogens is 2. The Morgan fingerprint density at radius 1 is 1.19 bits per heavy atom. The Morgan fingerprint density at radius 3 is 2.38 bits per heavy atom. The van der Waals surface area contributed by atoms with Crippen molar-refractivity contribution in [2.75, 3.05) is 0 Å². The summed E-state index contributed by atoms with van der Waals surface area (Å²) in [4.78, 5) is 24.4. The Morgan fingerprint density at radius 2 is 1.85 bits per heavy atom. The molecule has 0 aliphatic heterocycles. The molecule has 0 saturated carbocycles. The van der Waals surface area contributed by atoms with Crippen molar-refractivity contribution in [2.45, 2.75) is 13.8 Å². The molecule has 6 heteroatoms. The molecule has 0 fully saturated rings. The number of allylic oxidation sites excluding steroid dienone is 2. The molecule has 3 rings (SSSR count). The third-order valence-corrected chi connectivity index (χ3v) is 3.40. The number of fused-ring (bicyclic) bond motifs is 1. The zero-order valence-electron chi connectivity index (χ0n) is 14.7. The second-order valence-electron chi connectivity index (χ2n) is 5.52. The monoisotopic (exact) mass is 529 g/mol. The zero-order chi connectivity index (χ0) is 18.4. The van der Waals surface area contributed by atoms with Crippen LogP contribution in [-0.2, 0) is 27.2 Å². The first-order valence-corrected chi connectivity index (χ1v) is 7.73. The first-order chi connectivity index (χ1) is 11.9. The molecule has 26 heavy (non-hydrogen) atoms. The van der Waals surface area contributed by atoms with Gasteiger partial charge < -0.3 is 5.11 Å². The topological polar surface area (TPSA) is 76.5 Å². The summed E-state index contributed by atoms with van der Waals surface area (Å²) in [5.74, 6) is 0.250. The molecule has 0 aliphatic carbocycles. The van der Waals surface area contributed by atoms with Gasteiger partial charge >= 0.3 is 11.5 Å². The van der Waals surface area contributed by atoms with E-state index in [9.17, 15) is 4.79 Å². The van der Waals surface area contributed by atoms with Gasteiger partial charge in [-0.05, 0) is 18.4 Å². The molecule has 0 unspecified atom stereocenters. The molecule has 2 N–H and O–H groups in total. The molecule has 2 aromatic carbocycles. The predicted molar refractivity (Wildman–Crippen MR) is 100 cm³/mol.